The Morgan fingerprint density at radius 1 is 1.25 bits per heavy atom. The van der Waals surface area contributed by atoms with Crippen LogP contribution in [0.2, 0.25) is 0 Å². The van der Waals surface area contributed by atoms with E-state index in [1.165, 1.54) is 32.7 Å². The minimum Gasteiger partial charge on any atom is -0.542 e. The van der Waals surface area contributed by atoms with Gasteiger partial charge in [0.15, 0.2) is 0 Å². The highest BCUT2D eigenvalue weighted by atomic mass is 32.1. The minimum atomic E-state index is -1.81. The van der Waals surface area contributed by atoms with Crippen molar-refractivity contribution in [2.45, 2.75) is 0 Å². The van der Waals surface area contributed by atoms with Crippen LogP contribution < -0.4 is 4.91 Å². The summed E-state index contributed by atoms with van der Waals surface area (Å²) in [6.07, 6.45) is 1.69. The van der Waals surface area contributed by atoms with Gasteiger partial charge in [0.1, 0.15) is 0 Å². The van der Waals surface area contributed by atoms with E-state index in [0.29, 0.717) is 4.91 Å². The lowest BCUT2D eigenvalue weighted by Gasteiger charge is -2.34. The summed E-state index contributed by atoms with van der Waals surface area (Å²) >= 11 is 1.45. The molecule has 1 rings (SSSR count). The highest BCUT2D eigenvalue weighted by Crippen LogP contribution is 2.07. The summed E-state index contributed by atoms with van der Waals surface area (Å²) in [5.41, 5.74) is 0. The molecule has 0 unspecified atom stereocenters. The number of hydrogen-bond donors (Lipinski definition) is 0. The quantitative estimate of drug-likeness (QED) is 0.634. The molecule has 1 aromatic heterocycles. The molecule has 0 amide bonds. The number of aromatic nitrogens is 1. The van der Waals surface area contributed by atoms with Crippen LogP contribution in [-0.4, -0.2) is 33.1 Å². The predicted molar refractivity (Wildman–Crippen MR) is 48.5 cm³/mol. The van der Waals surface area contributed by atoms with E-state index < -0.39 is 6.75 Å². The van der Waals surface area contributed by atoms with Crippen LogP contribution >= 0.6 is 11.3 Å². The van der Waals surface area contributed by atoms with E-state index in [4.69, 9.17) is 14.0 Å². The Hall–Kier alpha value is -0.425. The first-order valence-corrected chi connectivity index (χ1v) is 4.36. The normalized spacial score (nSPS) is 11.9. The zero-order chi connectivity index (χ0) is 9.03. The molecule has 0 aliphatic rings. The molecule has 1 aromatic rings. The molecule has 0 saturated heterocycles. The van der Waals surface area contributed by atoms with Crippen LogP contribution in [0.25, 0.3) is 0 Å². The van der Waals surface area contributed by atoms with E-state index in [1.807, 2.05) is 5.38 Å². The molecule has 6 heteroatoms. The van der Waals surface area contributed by atoms with Gasteiger partial charge in [-0.3, -0.25) is 4.98 Å². The summed E-state index contributed by atoms with van der Waals surface area (Å²) in [4.78, 5) is 4.78. The SMILES string of the molecule is CO[B-](OC)(OC)c1nccs1. The second-order valence-electron chi connectivity index (χ2n) is 2.22. The van der Waals surface area contributed by atoms with Crippen molar-refractivity contribution in [2.75, 3.05) is 21.3 Å². The van der Waals surface area contributed by atoms with Crippen LogP contribution in [0.15, 0.2) is 11.6 Å². The Labute approximate surface area is 75.5 Å². The lowest BCUT2D eigenvalue weighted by atomic mass is 9.80. The fourth-order valence-electron chi connectivity index (χ4n) is 1.00. The van der Waals surface area contributed by atoms with Crippen molar-refractivity contribution in [1.82, 2.24) is 4.98 Å². The molecule has 0 N–H and O–H groups in total. The monoisotopic (exact) mass is 188 g/mol. The van der Waals surface area contributed by atoms with Gasteiger partial charge in [-0.1, -0.05) is 0 Å². The highest BCUT2D eigenvalue weighted by molar-refractivity contribution is 7.22. The standard InChI is InChI=1S/C6H11BNO3S/c1-9-7(10-2,11-3)6-8-4-5-12-6/h4-5H,1-3H3/q-1. The fourth-order valence-corrected chi connectivity index (χ4v) is 1.84. The predicted octanol–water partition coefficient (Wildman–Crippen LogP) is 0.228. The van der Waals surface area contributed by atoms with E-state index in [1.54, 1.807) is 6.20 Å². The van der Waals surface area contributed by atoms with Gasteiger partial charge < -0.3 is 14.0 Å². The third-order valence-electron chi connectivity index (χ3n) is 1.68. The maximum absolute atomic E-state index is 5.15. The van der Waals surface area contributed by atoms with Gasteiger partial charge in [-0.2, -0.15) is 11.3 Å². The molecule has 0 fully saturated rings. The van der Waals surface area contributed by atoms with Crippen LogP contribution in [0.3, 0.4) is 0 Å². The summed E-state index contributed by atoms with van der Waals surface area (Å²) in [6.45, 7) is -1.81. The third kappa shape index (κ3) is 1.51. The summed E-state index contributed by atoms with van der Waals surface area (Å²) < 4.78 is 15.4. The van der Waals surface area contributed by atoms with E-state index in [0.717, 1.165) is 0 Å². The first-order chi connectivity index (χ1) is 5.79. The van der Waals surface area contributed by atoms with E-state index in [-0.39, 0.29) is 0 Å². The second kappa shape index (κ2) is 4.00. The largest absolute Gasteiger partial charge is 0.542 e. The Morgan fingerprint density at radius 3 is 2.17 bits per heavy atom. The Bertz CT molecular complexity index is 216. The van der Waals surface area contributed by atoms with Crippen molar-refractivity contribution in [1.29, 1.82) is 0 Å². The molecule has 0 aliphatic heterocycles. The van der Waals surface area contributed by atoms with Gasteiger partial charge in [0.05, 0.1) is 0 Å². The van der Waals surface area contributed by atoms with Gasteiger partial charge in [0.25, 0.3) is 0 Å². The summed E-state index contributed by atoms with van der Waals surface area (Å²) in [5.74, 6) is 0. The van der Waals surface area contributed by atoms with E-state index in [2.05, 4.69) is 4.98 Å². The van der Waals surface area contributed by atoms with Crippen molar-refractivity contribution < 1.29 is 14.0 Å². The second-order valence-corrected chi connectivity index (χ2v) is 3.15. The van der Waals surface area contributed by atoms with Gasteiger partial charge in [-0.05, 0) is 21.3 Å². The molecule has 0 aliphatic carbocycles. The average Bonchev–Trinajstić information content (AvgIpc) is 2.62. The zero-order valence-corrected chi connectivity index (χ0v) is 8.13. The molecular weight excluding hydrogens is 177 g/mol. The molecule has 0 atom stereocenters. The molecule has 1 heterocycles. The smallest absolute Gasteiger partial charge is 0.437 e. The van der Waals surface area contributed by atoms with Gasteiger partial charge in [0.2, 0.25) is 0 Å². The molecule has 12 heavy (non-hydrogen) atoms. The fraction of sp³-hybridized carbons (Fsp3) is 0.500. The van der Waals surface area contributed by atoms with Gasteiger partial charge in [-0.25, -0.2) is 0 Å². The number of hydrogen-bond acceptors (Lipinski definition) is 5. The van der Waals surface area contributed by atoms with Crippen LogP contribution in [0.5, 0.6) is 0 Å². The van der Waals surface area contributed by atoms with E-state index in [9.17, 15) is 0 Å². The average molecular weight is 188 g/mol. The van der Waals surface area contributed by atoms with Gasteiger partial charge in [0, 0.05) is 16.5 Å². The Balaban J connectivity index is 2.93. The van der Waals surface area contributed by atoms with Crippen molar-refractivity contribution >= 4 is 23.0 Å². The lowest BCUT2D eigenvalue weighted by Crippen LogP contribution is -2.54. The maximum Gasteiger partial charge on any atom is 0.437 e. The molecule has 68 valence electrons. The maximum atomic E-state index is 5.15. The van der Waals surface area contributed by atoms with Crippen molar-refractivity contribution in [3.05, 3.63) is 11.6 Å². The lowest BCUT2D eigenvalue weighted by molar-refractivity contribution is 0.140. The van der Waals surface area contributed by atoms with Crippen LogP contribution in [0, 0.1) is 0 Å². The van der Waals surface area contributed by atoms with E-state index >= 15 is 0 Å². The molecule has 0 saturated carbocycles. The molecule has 0 bridgehead atoms. The summed E-state index contributed by atoms with van der Waals surface area (Å²) in [7, 11) is 4.61. The summed E-state index contributed by atoms with van der Waals surface area (Å²) in [5, 5.41) is 1.85. The molecule has 0 radical (unpaired) electrons. The highest BCUT2D eigenvalue weighted by Gasteiger charge is 2.30. The molecule has 4 nitrogen and oxygen atoms in total. The number of thiazole rings is 1. The summed E-state index contributed by atoms with van der Waals surface area (Å²) in [6, 6.07) is 0. The van der Waals surface area contributed by atoms with Crippen LogP contribution in [0.4, 0.5) is 0 Å². The van der Waals surface area contributed by atoms with Crippen molar-refractivity contribution in [3.8, 4) is 0 Å². The minimum absolute atomic E-state index is 0.711. The topological polar surface area (TPSA) is 40.6 Å². The third-order valence-corrected chi connectivity index (χ3v) is 2.58. The molecular formula is C6H11BNO3S-. The van der Waals surface area contributed by atoms with Crippen molar-refractivity contribution in [3.63, 3.8) is 0 Å². The number of nitrogens with zero attached hydrogens (tertiary/aromatic N) is 1. The Morgan fingerprint density at radius 2 is 1.83 bits per heavy atom. The first kappa shape index (κ1) is 9.66. The van der Waals surface area contributed by atoms with Gasteiger partial charge in [-0.15, -0.1) is 0 Å². The Kier molecular flexibility index (Phi) is 3.22. The van der Waals surface area contributed by atoms with Gasteiger partial charge >= 0.3 is 6.75 Å². The van der Waals surface area contributed by atoms with Crippen LogP contribution in [-0.2, 0) is 14.0 Å². The molecule has 0 spiro atoms. The zero-order valence-electron chi connectivity index (χ0n) is 7.31. The van der Waals surface area contributed by atoms with Crippen LogP contribution in [0.1, 0.15) is 0 Å². The number of rotatable bonds is 4. The molecule has 0 aromatic carbocycles. The van der Waals surface area contributed by atoms with Crippen molar-refractivity contribution in [2.24, 2.45) is 0 Å². The first-order valence-electron chi connectivity index (χ1n) is 3.48.